The van der Waals surface area contributed by atoms with E-state index in [1.807, 2.05) is 6.92 Å². The molecular weight excluding hydrogens is 342 g/mol. The first-order chi connectivity index (χ1) is 11.9. The Balaban J connectivity index is 1.97. The number of aliphatic hydroxyl groups excluding tert-OH is 1. The molecule has 2 aromatic rings. The molecule has 2 aromatic carbocycles. The van der Waals surface area contributed by atoms with Crippen molar-refractivity contribution in [3.8, 4) is 11.5 Å². The standard InChI is InChI=1S/C19H22ClNO4/c1-12-10-13(20)4-7-16(12)21-19(23)9-8-17(22)15-6-5-14(24-2)11-18(15)25-3/h4-7,10-11,17,22H,8-9H2,1-3H3,(H,21,23). The molecule has 0 saturated carbocycles. The van der Waals surface area contributed by atoms with E-state index >= 15 is 0 Å². The quantitative estimate of drug-likeness (QED) is 0.776. The summed E-state index contributed by atoms with van der Waals surface area (Å²) in [6.45, 7) is 1.87. The molecule has 5 nitrogen and oxygen atoms in total. The maximum absolute atomic E-state index is 12.1. The van der Waals surface area contributed by atoms with E-state index in [2.05, 4.69) is 5.32 Å². The number of halogens is 1. The van der Waals surface area contributed by atoms with Crippen LogP contribution in [0.2, 0.25) is 5.02 Å². The van der Waals surface area contributed by atoms with Gasteiger partial charge in [0.2, 0.25) is 5.91 Å². The second kappa shape index (κ2) is 8.74. The van der Waals surface area contributed by atoms with Crippen LogP contribution in [-0.4, -0.2) is 25.2 Å². The van der Waals surface area contributed by atoms with Crippen molar-refractivity contribution in [2.24, 2.45) is 0 Å². The number of hydrogen-bond donors (Lipinski definition) is 2. The van der Waals surface area contributed by atoms with Gasteiger partial charge >= 0.3 is 0 Å². The van der Waals surface area contributed by atoms with Crippen LogP contribution >= 0.6 is 11.6 Å². The number of benzene rings is 2. The zero-order chi connectivity index (χ0) is 18.4. The molecule has 1 amide bonds. The number of aliphatic hydroxyl groups is 1. The number of nitrogens with one attached hydrogen (secondary N) is 1. The van der Waals surface area contributed by atoms with Gasteiger partial charge in [0.1, 0.15) is 11.5 Å². The molecule has 0 radical (unpaired) electrons. The molecule has 0 heterocycles. The van der Waals surface area contributed by atoms with Crippen LogP contribution in [0.15, 0.2) is 36.4 Å². The molecule has 0 fully saturated rings. The zero-order valence-corrected chi connectivity index (χ0v) is 15.3. The highest BCUT2D eigenvalue weighted by Crippen LogP contribution is 2.31. The van der Waals surface area contributed by atoms with E-state index in [1.165, 1.54) is 7.11 Å². The van der Waals surface area contributed by atoms with E-state index in [4.69, 9.17) is 21.1 Å². The molecular formula is C19H22ClNO4. The van der Waals surface area contributed by atoms with E-state index in [0.717, 1.165) is 5.56 Å². The summed E-state index contributed by atoms with van der Waals surface area (Å²) < 4.78 is 10.4. The lowest BCUT2D eigenvalue weighted by atomic mass is 10.0. The van der Waals surface area contributed by atoms with Crippen LogP contribution in [0.3, 0.4) is 0 Å². The number of anilines is 1. The molecule has 0 spiro atoms. The van der Waals surface area contributed by atoms with Gasteiger partial charge in [-0.2, -0.15) is 0 Å². The molecule has 0 bridgehead atoms. The van der Waals surface area contributed by atoms with Crippen LogP contribution in [0.25, 0.3) is 0 Å². The highest BCUT2D eigenvalue weighted by molar-refractivity contribution is 6.30. The fraction of sp³-hybridized carbons (Fsp3) is 0.316. The summed E-state index contributed by atoms with van der Waals surface area (Å²) in [6.07, 6.45) is -0.350. The number of amides is 1. The first kappa shape index (κ1) is 19.1. The van der Waals surface area contributed by atoms with Gasteiger partial charge in [-0.1, -0.05) is 11.6 Å². The Bertz CT molecular complexity index is 748. The van der Waals surface area contributed by atoms with Crippen molar-refractivity contribution >= 4 is 23.2 Å². The van der Waals surface area contributed by atoms with E-state index in [-0.39, 0.29) is 18.7 Å². The maximum atomic E-state index is 12.1. The lowest BCUT2D eigenvalue weighted by Crippen LogP contribution is -2.14. The number of rotatable bonds is 7. The summed E-state index contributed by atoms with van der Waals surface area (Å²) in [5.74, 6) is 1.00. The third-order valence-electron chi connectivity index (χ3n) is 3.91. The van der Waals surface area contributed by atoms with Crippen LogP contribution in [-0.2, 0) is 4.79 Å². The highest BCUT2D eigenvalue weighted by atomic mass is 35.5. The van der Waals surface area contributed by atoms with Gasteiger partial charge in [0.15, 0.2) is 0 Å². The van der Waals surface area contributed by atoms with Crippen LogP contribution in [0, 0.1) is 6.92 Å². The van der Waals surface area contributed by atoms with Gasteiger partial charge in [0.25, 0.3) is 0 Å². The van der Waals surface area contributed by atoms with Gasteiger partial charge in [-0.05, 0) is 49.2 Å². The lowest BCUT2D eigenvalue weighted by Gasteiger charge is -2.16. The Morgan fingerprint density at radius 2 is 1.96 bits per heavy atom. The van der Waals surface area contributed by atoms with Crippen molar-refractivity contribution in [3.63, 3.8) is 0 Å². The fourth-order valence-corrected chi connectivity index (χ4v) is 2.72. The molecule has 1 unspecified atom stereocenters. The topological polar surface area (TPSA) is 67.8 Å². The number of carbonyl (C=O) groups is 1. The normalized spacial score (nSPS) is 11.7. The minimum absolute atomic E-state index is 0.169. The predicted octanol–water partition coefficient (Wildman–Crippen LogP) is 4.12. The maximum Gasteiger partial charge on any atom is 0.224 e. The Morgan fingerprint density at radius 1 is 1.20 bits per heavy atom. The molecule has 2 rings (SSSR count). The van der Waals surface area contributed by atoms with Crippen molar-refractivity contribution in [2.45, 2.75) is 25.9 Å². The molecule has 0 aliphatic rings. The average molecular weight is 364 g/mol. The lowest BCUT2D eigenvalue weighted by molar-refractivity contribution is -0.116. The minimum atomic E-state index is -0.807. The van der Waals surface area contributed by atoms with E-state index < -0.39 is 6.10 Å². The minimum Gasteiger partial charge on any atom is -0.497 e. The molecule has 0 aliphatic carbocycles. The molecule has 1 atom stereocenters. The van der Waals surface area contributed by atoms with Gasteiger partial charge in [0, 0.05) is 28.8 Å². The number of aryl methyl sites for hydroxylation is 1. The number of carbonyl (C=O) groups excluding carboxylic acids is 1. The Labute approximate surface area is 152 Å². The first-order valence-electron chi connectivity index (χ1n) is 7.90. The van der Waals surface area contributed by atoms with Crippen LogP contribution in [0.5, 0.6) is 11.5 Å². The third kappa shape index (κ3) is 5.11. The van der Waals surface area contributed by atoms with E-state index in [0.29, 0.717) is 27.8 Å². The summed E-state index contributed by atoms with van der Waals surface area (Å²) >= 11 is 5.91. The first-order valence-corrected chi connectivity index (χ1v) is 8.28. The van der Waals surface area contributed by atoms with Crippen molar-refractivity contribution in [2.75, 3.05) is 19.5 Å². The van der Waals surface area contributed by atoms with Gasteiger partial charge in [-0.15, -0.1) is 0 Å². The van der Waals surface area contributed by atoms with Crippen molar-refractivity contribution in [1.29, 1.82) is 0 Å². The number of ether oxygens (including phenoxy) is 2. The molecule has 25 heavy (non-hydrogen) atoms. The zero-order valence-electron chi connectivity index (χ0n) is 14.5. The third-order valence-corrected chi connectivity index (χ3v) is 4.14. The largest absolute Gasteiger partial charge is 0.497 e. The highest BCUT2D eigenvalue weighted by Gasteiger charge is 2.16. The second-order valence-corrected chi connectivity index (χ2v) is 6.11. The predicted molar refractivity (Wildman–Crippen MR) is 98.6 cm³/mol. The molecule has 134 valence electrons. The van der Waals surface area contributed by atoms with Crippen LogP contribution in [0.1, 0.15) is 30.1 Å². The molecule has 0 saturated heterocycles. The Kier molecular flexibility index (Phi) is 6.67. The van der Waals surface area contributed by atoms with Gasteiger partial charge in [0.05, 0.1) is 20.3 Å². The monoisotopic (exact) mass is 363 g/mol. The number of methoxy groups -OCH3 is 2. The van der Waals surface area contributed by atoms with Crippen LogP contribution < -0.4 is 14.8 Å². The smallest absolute Gasteiger partial charge is 0.224 e. The summed E-state index contributed by atoms with van der Waals surface area (Å²) in [5, 5.41) is 13.8. The van der Waals surface area contributed by atoms with E-state index in [9.17, 15) is 9.90 Å². The van der Waals surface area contributed by atoms with Crippen molar-refractivity contribution < 1.29 is 19.4 Å². The Hall–Kier alpha value is -2.24. The van der Waals surface area contributed by atoms with Crippen molar-refractivity contribution in [1.82, 2.24) is 0 Å². The Morgan fingerprint density at radius 3 is 2.60 bits per heavy atom. The van der Waals surface area contributed by atoms with Crippen molar-refractivity contribution in [3.05, 3.63) is 52.5 Å². The number of hydrogen-bond acceptors (Lipinski definition) is 4. The van der Waals surface area contributed by atoms with E-state index in [1.54, 1.807) is 43.5 Å². The van der Waals surface area contributed by atoms with Gasteiger partial charge in [-0.3, -0.25) is 4.79 Å². The average Bonchev–Trinajstić information content (AvgIpc) is 2.61. The summed E-state index contributed by atoms with van der Waals surface area (Å²) in [4.78, 5) is 12.1. The molecule has 0 aliphatic heterocycles. The summed E-state index contributed by atoms with van der Waals surface area (Å²) in [5.41, 5.74) is 2.22. The molecule has 6 heteroatoms. The van der Waals surface area contributed by atoms with Crippen LogP contribution in [0.4, 0.5) is 5.69 Å². The van der Waals surface area contributed by atoms with Gasteiger partial charge in [-0.25, -0.2) is 0 Å². The summed E-state index contributed by atoms with van der Waals surface area (Å²) in [6, 6.07) is 10.5. The SMILES string of the molecule is COc1ccc(C(O)CCC(=O)Nc2ccc(Cl)cc2C)c(OC)c1. The summed E-state index contributed by atoms with van der Waals surface area (Å²) in [7, 11) is 3.09. The van der Waals surface area contributed by atoms with Gasteiger partial charge < -0.3 is 19.9 Å². The molecule has 2 N–H and O–H groups in total. The molecule has 0 aromatic heterocycles. The second-order valence-electron chi connectivity index (χ2n) is 5.67. The fourth-order valence-electron chi connectivity index (χ4n) is 2.50.